The second-order valence-electron chi connectivity index (χ2n) is 7.00. The number of aromatic nitrogens is 2. The van der Waals surface area contributed by atoms with Gasteiger partial charge >= 0.3 is 0 Å². The minimum absolute atomic E-state index is 0.0404. The number of furan rings is 1. The lowest BCUT2D eigenvalue weighted by Gasteiger charge is -2.29. The molecular formula is C19H26N4O2. The van der Waals surface area contributed by atoms with Gasteiger partial charge in [0.2, 0.25) is 0 Å². The summed E-state index contributed by atoms with van der Waals surface area (Å²) in [6.45, 7) is 7.21. The normalized spacial score (nSPS) is 17.4. The number of amides is 1. The number of likely N-dealkylation sites (tertiary alicyclic amines) is 1. The van der Waals surface area contributed by atoms with E-state index in [2.05, 4.69) is 27.1 Å². The Morgan fingerprint density at radius 1 is 1.36 bits per heavy atom. The summed E-state index contributed by atoms with van der Waals surface area (Å²) in [4.78, 5) is 23.0. The van der Waals surface area contributed by atoms with Gasteiger partial charge in [-0.05, 0) is 50.9 Å². The first-order chi connectivity index (χ1) is 12.1. The van der Waals surface area contributed by atoms with E-state index >= 15 is 0 Å². The molecule has 6 heteroatoms. The van der Waals surface area contributed by atoms with Crippen LogP contribution in [0.2, 0.25) is 0 Å². The molecule has 3 rings (SSSR count). The highest BCUT2D eigenvalue weighted by atomic mass is 16.4. The molecule has 0 aromatic carbocycles. The van der Waals surface area contributed by atoms with Gasteiger partial charge in [-0.1, -0.05) is 6.92 Å². The minimum Gasteiger partial charge on any atom is -0.455 e. The first-order valence-corrected chi connectivity index (χ1v) is 8.97. The molecule has 1 fully saturated rings. The monoisotopic (exact) mass is 342 g/mol. The molecule has 2 aromatic heterocycles. The van der Waals surface area contributed by atoms with Crippen LogP contribution in [0.15, 0.2) is 35.1 Å². The van der Waals surface area contributed by atoms with Gasteiger partial charge in [0.25, 0.3) is 5.91 Å². The fourth-order valence-electron chi connectivity index (χ4n) is 3.12. The van der Waals surface area contributed by atoms with Crippen LogP contribution in [-0.2, 0) is 13.0 Å². The molecule has 1 aliphatic rings. The van der Waals surface area contributed by atoms with E-state index in [9.17, 15) is 4.79 Å². The van der Waals surface area contributed by atoms with Crippen molar-refractivity contribution in [3.8, 4) is 0 Å². The topological polar surface area (TPSA) is 71.3 Å². The molecule has 0 spiro atoms. The largest absolute Gasteiger partial charge is 0.455 e. The van der Waals surface area contributed by atoms with Crippen molar-refractivity contribution in [2.45, 2.75) is 45.7 Å². The third-order valence-electron chi connectivity index (χ3n) is 4.65. The lowest BCUT2D eigenvalue weighted by Crippen LogP contribution is -2.34. The molecule has 1 aliphatic heterocycles. The number of nitrogens with zero attached hydrogens (tertiary/aromatic N) is 3. The van der Waals surface area contributed by atoms with Crippen LogP contribution in [-0.4, -0.2) is 39.9 Å². The Morgan fingerprint density at radius 3 is 2.88 bits per heavy atom. The number of rotatable bonds is 6. The molecule has 0 radical (unpaired) electrons. The second kappa shape index (κ2) is 8.25. The average molecular weight is 342 g/mol. The van der Waals surface area contributed by atoms with Gasteiger partial charge in [0, 0.05) is 31.1 Å². The Morgan fingerprint density at radius 2 is 2.16 bits per heavy atom. The van der Waals surface area contributed by atoms with Crippen LogP contribution in [0.25, 0.3) is 0 Å². The molecule has 1 amide bonds. The molecule has 25 heavy (non-hydrogen) atoms. The standard InChI is InChI=1S/C19H26N4O2/c1-14-5-9-23(10-6-14)13-17-3-4-18(25-17)19(24)22-15(2)11-16-12-20-7-8-21-16/h3-4,7-8,12,14-15H,5-6,9-11,13H2,1-2H3,(H,22,24)/t15-/m0/s1. The summed E-state index contributed by atoms with van der Waals surface area (Å²) in [5.41, 5.74) is 0.856. The lowest BCUT2D eigenvalue weighted by molar-refractivity contribution is 0.0906. The van der Waals surface area contributed by atoms with E-state index in [1.54, 1.807) is 24.7 Å². The number of hydrogen-bond donors (Lipinski definition) is 1. The third-order valence-corrected chi connectivity index (χ3v) is 4.65. The van der Waals surface area contributed by atoms with E-state index in [0.29, 0.717) is 12.2 Å². The van der Waals surface area contributed by atoms with Crippen LogP contribution in [0.5, 0.6) is 0 Å². The zero-order chi connectivity index (χ0) is 17.6. The van der Waals surface area contributed by atoms with Crippen LogP contribution in [0.3, 0.4) is 0 Å². The van der Waals surface area contributed by atoms with Crippen molar-refractivity contribution in [1.82, 2.24) is 20.2 Å². The van der Waals surface area contributed by atoms with Gasteiger partial charge in [0.15, 0.2) is 5.76 Å². The van der Waals surface area contributed by atoms with Crippen molar-refractivity contribution in [2.24, 2.45) is 5.92 Å². The van der Waals surface area contributed by atoms with Crippen molar-refractivity contribution in [2.75, 3.05) is 13.1 Å². The van der Waals surface area contributed by atoms with Gasteiger partial charge in [-0.15, -0.1) is 0 Å². The van der Waals surface area contributed by atoms with E-state index in [-0.39, 0.29) is 11.9 Å². The molecule has 0 unspecified atom stereocenters. The van der Waals surface area contributed by atoms with Gasteiger partial charge in [0.05, 0.1) is 12.2 Å². The van der Waals surface area contributed by atoms with Crippen LogP contribution >= 0.6 is 0 Å². The molecule has 3 heterocycles. The molecule has 1 N–H and O–H groups in total. The van der Waals surface area contributed by atoms with Crippen LogP contribution in [0, 0.1) is 5.92 Å². The predicted molar refractivity (Wildman–Crippen MR) is 95.0 cm³/mol. The fraction of sp³-hybridized carbons (Fsp3) is 0.526. The van der Waals surface area contributed by atoms with E-state index in [1.165, 1.54) is 12.8 Å². The highest BCUT2D eigenvalue weighted by molar-refractivity contribution is 5.91. The van der Waals surface area contributed by atoms with Crippen molar-refractivity contribution < 1.29 is 9.21 Å². The van der Waals surface area contributed by atoms with Gasteiger partial charge in [-0.2, -0.15) is 0 Å². The van der Waals surface area contributed by atoms with E-state index < -0.39 is 0 Å². The van der Waals surface area contributed by atoms with Crippen molar-refractivity contribution >= 4 is 5.91 Å². The van der Waals surface area contributed by atoms with Gasteiger partial charge in [-0.3, -0.25) is 19.7 Å². The molecule has 0 aliphatic carbocycles. The summed E-state index contributed by atoms with van der Waals surface area (Å²) >= 11 is 0. The molecule has 134 valence electrons. The Hall–Kier alpha value is -2.21. The summed E-state index contributed by atoms with van der Waals surface area (Å²) in [5.74, 6) is 1.84. The van der Waals surface area contributed by atoms with Gasteiger partial charge < -0.3 is 9.73 Å². The summed E-state index contributed by atoms with van der Waals surface area (Å²) in [7, 11) is 0. The number of piperidine rings is 1. The predicted octanol–water partition coefficient (Wildman–Crippen LogP) is 2.66. The maximum absolute atomic E-state index is 12.3. The first kappa shape index (κ1) is 17.6. The second-order valence-corrected chi connectivity index (χ2v) is 7.00. The molecule has 1 saturated heterocycles. The number of hydrogen-bond acceptors (Lipinski definition) is 5. The number of carbonyl (C=O) groups excluding carboxylic acids is 1. The van der Waals surface area contributed by atoms with Gasteiger partial charge in [-0.25, -0.2) is 0 Å². The quantitative estimate of drug-likeness (QED) is 0.874. The van der Waals surface area contributed by atoms with Crippen LogP contribution in [0.4, 0.5) is 0 Å². The first-order valence-electron chi connectivity index (χ1n) is 8.97. The van der Waals surface area contributed by atoms with E-state index in [4.69, 9.17) is 4.42 Å². The molecule has 6 nitrogen and oxygen atoms in total. The smallest absolute Gasteiger partial charge is 0.287 e. The van der Waals surface area contributed by atoms with Crippen LogP contribution in [0.1, 0.15) is 48.7 Å². The third kappa shape index (κ3) is 5.13. The van der Waals surface area contributed by atoms with Crippen molar-refractivity contribution in [3.05, 3.63) is 47.9 Å². The summed E-state index contributed by atoms with van der Waals surface area (Å²) in [6, 6.07) is 3.62. The highest BCUT2D eigenvalue weighted by Gasteiger charge is 2.19. The Balaban J connectivity index is 1.50. The molecule has 0 bridgehead atoms. The fourth-order valence-corrected chi connectivity index (χ4v) is 3.12. The van der Waals surface area contributed by atoms with Gasteiger partial charge in [0.1, 0.15) is 5.76 Å². The van der Waals surface area contributed by atoms with Crippen molar-refractivity contribution in [1.29, 1.82) is 0 Å². The SMILES string of the molecule is CC1CCN(Cc2ccc(C(=O)N[C@@H](C)Cc3cnccn3)o2)CC1. The minimum atomic E-state index is -0.185. The Kier molecular flexibility index (Phi) is 5.81. The molecular weight excluding hydrogens is 316 g/mol. The molecule has 1 atom stereocenters. The van der Waals surface area contributed by atoms with E-state index in [0.717, 1.165) is 37.0 Å². The maximum Gasteiger partial charge on any atom is 0.287 e. The lowest BCUT2D eigenvalue weighted by atomic mass is 9.99. The summed E-state index contributed by atoms with van der Waals surface area (Å²) < 4.78 is 5.74. The summed E-state index contributed by atoms with van der Waals surface area (Å²) in [5, 5.41) is 2.95. The Bertz CT molecular complexity index is 678. The molecule has 2 aromatic rings. The zero-order valence-corrected chi connectivity index (χ0v) is 14.9. The number of carbonyl (C=O) groups is 1. The van der Waals surface area contributed by atoms with Crippen LogP contribution < -0.4 is 5.32 Å². The van der Waals surface area contributed by atoms with E-state index in [1.807, 2.05) is 13.0 Å². The Labute approximate surface area is 148 Å². The maximum atomic E-state index is 12.3. The molecule has 0 saturated carbocycles. The zero-order valence-electron chi connectivity index (χ0n) is 14.9. The average Bonchev–Trinajstić information content (AvgIpc) is 3.06. The summed E-state index contributed by atoms with van der Waals surface area (Å²) in [6.07, 6.45) is 8.11. The van der Waals surface area contributed by atoms with Crippen molar-refractivity contribution in [3.63, 3.8) is 0 Å². The highest BCUT2D eigenvalue weighted by Crippen LogP contribution is 2.19. The number of nitrogens with one attached hydrogen (secondary N) is 1.